The van der Waals surface area contributed by atoms with Crippen LogP contribution < -0.4 is 10.9 Å². The van der Waals surface area contributed by atoms with Crippen molar-refractivity contribution in [1.82, 2.24) is 20.4 Å². The van der Waals surface area contributed by atoms with Crippen LogP contribution in [0.2, 0.25) is 0 Å². The van der Waals surface area contributed by atoms with Crippen molar-refractivity contribution in [3.63, 3.8) is 0 Å². The highest BCUT2D eigenvalue weighted by Gasteiger charge is 2.30. The highest BCUT2D eigenvalue weighted by Crippen LogP contribution is 2.28. The number of pyridine rings is 1. The minimum atomic E-state index is -0.117. The van der Waals surface area contributed by atoms with Crippen LogP contribution in [0.25, 0.3) is 0 Å². The summed E-state index contributed by atoms with van der Waals surface area (Å²) in [7, 11) is 0. The molecule has 1 fully saturated rings. The lowest BCUT2D eigenvalue weighted by Crippen LogP contribution is -2.39. The normalized spacial score (nSPS) is 18.4. The zero-order chi connectivity index (χ0) is 16.5. The molecule has 0 unspecified atom stereocenters. The molecule has 2 N–H and O–H groups in total. The first-order valence-electron chi connectivity index (χ1n) is 8.37. The van der Waals surface area contributed by atoms with Crippen molar-refractivity contribution in [3.8, 4) is 0 Å². The van der Waals surface area contributed by atoms with Gasteiger partial charge in [-0.15, -0.1) is 0 Å². The molecule has 126 valence electrons. The Morgan fingerprint density at radius 3 is 3.00 bits per heavy atom. The van der Waals surface area contributed by atoms with E-state index in [1.165, 1.54) is 6.26 Å². The van der Waals surface area contributed by atoms with Gasteiger partial charge in [0.05, 0.1) is 12.2 Å². The van der Waals surface area contributed by atoms with Gasteiger partial charge in [-0.1, -0.05) is 5.16 Å². The number of nitrogens with zero attached hydrogens (tertiary/aromatic N) is 2. The fraction of sp³-hybridized carbons (Fsp3) is 0.471. The Hall–Kier alpha value is -2.41. The average molecular weight is 328 g/mol. The summed E-state index contributed by atoms with van der Waals surface area (Å²) in [5.41, 5.74) is 2.88. The summed E-state index contributed by atoms with van der Waals surface area (Å²) in [4.78, 5) is 29.3. The lowest BCUT2D eigenvalue weighted by molar-refractivity contribution is 0.0731. The first kappa shape index (κ1) is 15.1. The number of hydrogen-bond acceptors (Lipinski definition) is 5. The first-order chi connectivity index (χ1) is 11.7. The maximum Gasteiger partial charge on any atom is 0.259 e. The number of rotatable bonds is 2. The van der Waals surface area contributed by atoms with Crippen LogP contribution in [0.1, 0.15) is 45.9 Å². The second-order valence-electron chi connectivity index (χ2n) is 6.43. The van der Waals surface area contributed by atoms with Gasteiger partial charge in [-0.2, -0.15) is 0 Å². The standard InChI is InChI=1S/C17H20N4O3/c22-16-13-9-21(8-4-11(13)3-7-19-16)17(23)14-10-24-20-15(14)12-1-5-18-6-2-12/h3,7,10,12,18H,1-2,4-6,8-9H2,(H,19,22). The van der Waals surface area contributed by atoms with E-state index in [4.69, 9.17) is 4.52 Å². The summed E-state index contributed by atoms with van der Waals surface area (Å²) < 4.78 is 5.12. The summed E-state index contributed by atoms with van der Waals surface area (Å²) >= 11 is 0. The summed E-state index contributed by atoms with van der Waals surface area (Å²) in [6.07, 6.45) is 5.71. The Bertz CT molecular complexity index is 804. The first-order valence-corrected chi connectivity index (χ1v) is 8.37. The molecule has 7 nitrogen and oxygen atoms in total. The van der Waals surface area contributed by atoms with Crippen molar-refractivity contribution >= 4 is 5.91 Å². The van der Waals surface area contributed by atoms with E-state index in [1.54, 1.807) is 11.1 Å². The summed E-state index contributed by atoms with van der Waals surface area (Å²) in [5.74, 6) is 0.156. The number of carbonyl (C=O) groups is 1. The molecule has 2 aliphatic heterocycles. The van der Waals surface area contributed by atoms with E-state index in [2.05, 4.69) is 15.5 Å². The molecule has 2 aromatic heterocycles. The number of H-pyrrole nitrogens is 1. The molecule has 24 heavy (non-hydrogen) atoms. The van der Waals surface area contributed by atoms with Gasteiger partial charge in [-0.05, 0) is 44.0 Å². The molecule has 0 saturated carbocycles. The van der Waals surface area contributed by atoms with Crippen LogP contribution in [-0.4, -0.2) is 40.6 Å². The van der Waals surface area contributed by atoms with Gasteiger partial charge in [0.15, 0.2) is 0 Å². The second-order valence-corrected chi connectivity index (χ2v) is 6.43. The SMILES string of the molecule is O=C(c1conc1C1CCNCC1)N1CCc2cc[nH]c(=O)c2C1. The van der Waals surface area contributed by atoms with Crippen molar-refractivity contribution in [1.29, 1.82) is 0 Å². The Balaban J connectivity index is 1.58. The molecule has 7 heteroatoms. The maximum absolute atomic E-state index is 12.9. The van der Waals surface area contributed by atoms with Crippen LogP contribution in [0, 0.1) is 0 Å². The third-order valence-electron chi connectivity index (χ3n) is 5.00. The Morgan fingerprint density at radius 2 is 2.17 bits per heavy atom. The van der Waals surface area contributed by atoms with Crippen LogP contribution in [0.15, 0.2) is 27.8 Å². The van der Waals surface area contributed by atoms with Crippen molar-refractivity contribution < 1.29 is 9.32 Å². The maximum atomic E-state index is 12.9. The molecule has 4 rings (SSSR count). The van der Waals surface area contributed by atoms with Gasteiger partial charge in [0.2, 0.25) is 0 Å². The quantitative estimate of drug-likeness (QED) is 0.859. The zero-order valence-electron chi connectivity index (χ0n) is 13.4. The van der Waals surface area contributed by atoms with Crippen LogP contribution in [0.5, 0.6) is 0 Å². The van der Waals surface area contributed by atoms with E-state index in [1.807, 2.05) is 6.07 Å². The van der Waals surface area contributed by atoms with E-state index >= 15 is 0 Å². The van der Waals surface area contributed by atoms with Crippen molar-refractivity contribution in [2.75, 3.05) is 19.6 Å². The average Bonchev–Trinajstić information content (AvgIpc) is 3.12. The van der Waals surface area contributed by atoms with Crippen LogP contribution >= 0.6 is 0 Å². The van der Waals surface area contributed by atoms with Gasteiger partial charge in [0, 0.05) is 24.2 Å². The molecule has 1 saturated heterocycles. The number of amides is 1. The second kappa shape index (κ2) is 6.24. The van der Waals surface area contributed by atoms with Gasteiger partial charge < -0.3 is 19.7 Å². The monoisotopic (exact) mass is 328 g/mol. The van der Waals surface area contributed by atoms with Crippen LogP contribution in [0.4, 0.5) is 0 Å². The molecule has 0 aliphatic carbocycles. The topological polar surface area (TPSA) is 91.2 Å². The number of fused-ring (bicyclic) bond motifs is 1. The Morgan fingerprint density at radius 1 is 1.33 bits per heavy atom. The smallest absolute Gasteiger partial charge is 0.259 e. The highest BCUT2D eigenvalue weighted by molar-refractivity contribution is 5.95. The van der Waals surface area contributed by atoms with E-state index in [0.717, 1.165) is 37.2 Å². The molecule has 1 amide bonds. The van der Waals surface area contributed by atoms with E-state index < -0.39 is 0 Å². The third kappa shape index (κ3) is 2.65. The van der Waals surface area contributed by atoms with Crippen LogP contribution in [0.3, 0.4) is 0 Å². The highest BCUT2D eigenvalue weighted by atomic mass is 16.5. The molecular weight excluding hydrogens is 308 g/mol. The van der Waals surface area contributed by atoms with Crippen molar-refractivity contribution in [2.24, 2.45) is 0 Å². The fourth-order valence-electron chi connectivity index (χ4n) is 3.62. The van der Waals surface area contributed by atoms with Crippen molar-refractivity contribution in [2.45, 2.75) is 31.7 Å². The lowest BCUT2D eigenvalue weighted by atomic mass is 9.91. The number of carbonyl (C=O) groups excluding carboxylic acids is 1. The number of aromatic amines is 1. The minimum absolute atomic E-state index is 0.0984. The molecule has 0 aromatic carbocycles. The summed E-state index contributed by atoms with van der Waals surface area (Å²) in [6, 6.07) is 1.92. The van der Waals surface area contributed by atoms with Crippen molar-refractivity contribution in [3.05, 3.63) is 51.3 Å². The molecule has 0 radical (unpaired) electrons. The van der Waals surface area contributed by atoms with Gasteiger partial charge in [-0.25, -0.2) is 0 Å². The van der Waals surface area contributed by atoms with Crippen LogP contribution in [-0.2, 0) is 13.0 Å². The molecule has 2 aliphatic rings. The molecule has 0 spiro atoms. The van der Waals surface area contributed by atoms with E-state index in [-0.39, 0.29) is 17.4 Å². The minimum Gasteiger partial charge on any atom is -0.364 e. The summed E-state index contributed by atoms with van der Waals surface area (Å²) in [6.45, 7) is 2.79. The fourth-order valence-corrected chi connectivity index (χ4v) is 3.62. The van der Waals surface area contributed by atoms with E-state index in [0.29, 0.717) is 30.6 Å². The molecule has 4 heterocycles. The predicted octanol–water partition coefficient (Wildman–Crippen LogP) is 1.03. The lowest BCUT2D eigenvalue weighted by Gasteiger charge is -2.28. The summed E-state index contributed by atoms with van der Waals surface area (Å²) in [5, 5.41) is 7.41. The zero-order valence-corrected chi connectivity index (χ0v) is 13.4. The van der Waals surface area contributed by atoms with Gasteiger partial charge in [0.25, 0.3) is 11.5 Å². The number of hydrogen-bond donors (Lipinski definition) is 2. The molecule has 2 aromatic rings. The predicted molar refractivity (Wildman–Crippen MR) is 86.9 cm³/mol. The number of piperidine rings is 1. The largest absolute Gasteiger partial charge is 0.364 e. The Labute approximate surface area is 139 Å². The number of nitrogens with one attached hydrogen (secondary N) is 2. The molecule has 0 atom stereocenters. The van der Waals surface area contributed by atoms with E-state index in [9.17, 15) is 9.59 Å². The molecular formula is C17H20N4O3. The number of aromatic nitrogens is 2. The third-order valence-corrected chi connectivity index (χ3v) is 5.00. The van der Waals surface area contributed by atoms with Gasteiger partial charge in [-0.3, -0.25) is 9.59 Å². The molecule has 0 bridgehead atoms. The van der Waals surface area contributed by atoms with Gasteiger partial charge >= 0.3 is 0 Å². The Kier molecular flexibility index (Phi) is 3.93. The van der Waals surface area contributed by atoms with Gasteiger partial charge in [0.1, 0.15) is 11.8 Å².